The Hall–Kier alpha value is -1.60. The molecule has 1 amide bonds. The number of carboxylic acid groups (broad SMARTS) is 1. The van der Waals surface area contributed by atoms with E-state index in [2.05, 4.69) is 5.32 Å². The molecule has 2 atom stereocenters. The van der Waals surface area contributed by atoms with Crippen LogP contribution in [0, 0.1) is 0 Å². The van der Waals surface area contributed by atoms with Crippen LogP contribution in [0.3, 0.4) is 0 Å². The van der Waals surface area contributed by atoms with Crippen molar-refractivity contribution in [3.8, 4) is 0 Å². The molecule has 0 aliphatic carbocycles. The molecule has 19 heavy (non-hydrogen) atoms. The summed E-state index contributed by atoms with van der Waals surface area (Å²) in [7, 11) is -3.28. The standard InChI is InChI=1S/C12H17NO5S/c1-3-19(17,18)10-6-4-9(5-7-10)11(8(2)14)13-12(15)16/h4-8,11,13-14H,3H2,1-2H3,(H,15,16)/t8-,11+/m1/s1. The number of nitrogens with one attached hydrogen (secondary N) is 1. The van der Waals surface area contributed by atoms with Gasteiger partial charge in [0.2, 0.25) is 0 Å². The number of amides is 1. The predicted molar refractivity (Wildman–Crippen MR) is 69.8 cm³/mol. The Morgan fingerprint density at radius 2 is 1.84 bits per heavy atom. The largest absolute Gasteiger partial charge is 0.465 e. The van der Waals surface area contributed by atoms with E-state index in [-0.39, 0.29) is 10.6 Å². The number of benzene rings is 1. The van der Waals surface area contributed by atoms with Gasteiger partial charge in [0, 0.05) is 0 Å². The molecule has 3 N–H and O–H groups in total. The third-order valence-corrected chi connectivity index (χ3v) is 4.49. The number of hydrogen-bond acceptors (Lipinski definition) is 4. The minimum Gasteiger partial charge on any atom is -0.465 e. The highest BCUT2D eigenvalue weighted by molar-refractivity contribution is 7.91. The number of carbonyl (C=O) groups is 1. The topological polar surface area (TPSA) is 104 Å². The molecule has 0 aromatic heterocycles. The van der Waals surface area contributed by atoms with E-state index in [9.17, 15) is 18.3 Å². The van der Waals surface area contributed by atoms with Gasteiger partial charge in [0.05, 0.1) is 22.8 Å². The van der Waals surface area contributed by atoms with Crippen LogP contribution in [0.2, 0.25) is 0 Å². The molecule has 1 rings (SSSR count). The summed E-state index contributed by atoms with van der Waals surface area (Å²) in [5.74, 6) is -0.000443. The Morgan fingerprint density at radius 1 is 1.32 bits per heavy atom. The van der Waals surface area contributed by atoms with Gasteiger partial charge in [-0.3, -0.25) is 0 Å². The monoisotopic (exact) mass is 287 g/mol. The molecule has 0 unspecified atom stereocenters. The van der Waals surface area contributed by atoms with Crippen molar-refractivity contribution in [1.82, 2.24) is 5.32 Å². The van der Waals surface area contributed by atoms with Crippen molar-refractivity contribution in [1.29, 1.82) is 0 Å². The summed E-state index contributed by atoms with van der Waals surface area (Å²) in [4.78, 5) is 10.8. The first kappa shape index (κ1) is 15.5. The normalized spacial score (nSPS) is 14.7. The van der Waals surface area contributed by atoms with E-state index in [1.165, 1.54) is 31.2 Å². The first-order valence-corrected chi connectivity index (χ1v) is 7.43. The van der Waals surface area contributed by atoms with Crippen LogP contribution in [-0.4, -0.2) is 36.6 Å². The highest BCUT2D eigenvalue weighted by atomic mass is 32.2. The maximum atomic E-state index is 11.6. The third kappa shape index (κ3) is 3.93. The molecule has 0 aliphatic rings. The van der Waals surface area contributed by atoms with Crippen LogP contribution >= 0.6 is 0 Å². The average Bonchev–Trinajstić information content (AvgIpc) is 2.35. The van der Waals surface area contributed by atoms with Gasteiger partial charge in [0.1, 0.15) is 0 Å². The average molecular weight is 287 g/mol. The maximum absolute atomic E-state index is 11.6. The fourth-order valence-corrected chi connectivity index (χ4v) is 2.55. The van der Waals surface area contributed by atoms with E-state index in [0.717, 1.165) is 0 Å². The van der Waals surface area contributed by atoms with Crippen LogP contribution in [0.4, 0.5) is 4.79 Å². The summed E-state index contributed by atoms with van der Waals surface area (Å²) in [5.41, 5.74) is 0.507. The van der Waals surface area contributed by atoms with Crippen LogP contribution in [-0.2, 0) is 9.84 Å². The highest BCUT2D eigenvalue weighted by Crippen LogP contribution is 2.20. The smallest absolute Gasteiger partial charge is 0.405 e. The van der Waals surface area contributed by atoms with Crippen molar-refractivity contribution in [3.05, 3.63) is 29.8 Å². The SMILES string of the molecule is CCS(=O)(=O)c1ccc([C@@H](NC(=O)O)[C@@H](C)O)cc1. The van der Waals surface area contributed by atoms with Crippen LogP contribution in [0.5, 0.6) is 0 Å². The van der Waals surface area contributed by atoms with Crippen molar-refractivity contribution in [2.75, 3.05) is 5.75 Å². The molecule has 0 aliphatic heterocycles. The molecule has 0 saturated carbocycles. The lowest BCUT2D eigenvalue weighted by Gasteiger charge is -2.20. The van der Waals surface area contributed by atoms with Gasteiger partial charge < -0.3 is 15.5 Å². The number of aliphatic hydroxyl groups excluding tert-OH is 1. The molecule has 1 aromatic carbocycles. The maximum Gasteiger partial charge on any atom is 0.405 e. The summed E-state index contributed by atoms with van der Waals surface area (Å²) in [6.07, 6.45) is -2.18. The first-order chi connectivity index (χ1) is 8.77. The summed E-state index contributed by atoms with van der Waals surface area (Å²) >= 11 is 0. The predicted octanol–water partition coefficient (Wildman–Crippen LogP) is 1.17. The molecule has 0 saturated heterocycles. The van der Waals surface area contributed by atoms with Crippen molar-refractivity contribution in [2.45, 2.75) is 30.9 Å². The second-order valence-corrected chi connectivity index (χ2v) is 6.42. The fraction of sp³-hybridized carbons (Fsp3) is 0.417. The van der Waals surface area contributed by atoms with Crippen molar-refractivity contribution < 1.29 is 23.4 Å². The van der Waals surface area contributed by atoms with Gasteiger partial charge in [-0.05, 0) is 24.6 Å². The van der Waals surface area contributed by atoms with Gasteiger partial charge in [-0.1, -0.05) is 19.1 Å². The van der Waals surface area contributed by atoms with E-state index in [4.69, 9.17) is 5.11 Å². The lowest BCUT2D eigenvalue weighted by Crippen LogP contribution is -2.33. The molecular formula is C12H17NO5S. The molecule has 0 bridgehead atoms. The molecular weight excluding hydrogens is 270 g/mol. The zero-order valence-electron chi connectivity index (χ0n) is 10.7. The van der Waals surface area contributed by atoms with E-state index in [1.807, 2.05) is 0 Å². The number of aliphatic hydroxyl groups is 1. The second kappa shape index (κ2) is 6.03. The lowest BCUT2D eigenvalue weighted by atomic mass is 10.0. The Balaban J connectivity index is 3.05. The van der Waals surface area contributed by atoms with Gasteiger partial charge in [-0.25, -0.2) is 13.2 Å². The Bertz CT molecular complexity index is 536. The van der Waals surface area contributed by atoms with E-state index >= 15 is 0 Å². The second-order valence-electron chi connectivity index (χ2n) is 4.14. The van der Waals surface area contributed by atoms with E-state index < -0.39 is 28.1 Å². The summed E-state index contributed by atoms with van der Waals surface area (Å²) in [6.45, 7) is 3.01. The Kier molecular flexibility index (Phi) is 4.90. The van der Waals surface area contributed by atoms with Gasteiger partial charge in [0.15, 0.2) is 9.84 Å². The summed E-state index contributed by atoms with van der Waals surface area (Å²) < 4.78 is 23.3. The van der Waals surface area contributed by atoms with Gasteiger partial charge in [-0.15, -0.1) is 0 Å². The fourth-order valence-electron chi connectivity index (χ4n) is 1.66. The zero-order chi connectivity index (χ0) is 14.6. The minimum atomic E-state index is -3.28. The quantitative estimate of drug-likeness (QED) is 0.754. The minimum absolute atomic E-state index is 0.000443. The number of hydrogen-bond donors (Lipinski definition) is 3. The van der Waals surface area contributed by atoms with Crippen LogP contribution in [0.25, 0.3) is 0 Å². The Morgan fingerprint density at radius 3 is 2.21 bits per heavy atom. The molecule has 0 spiro atoms. The molecule has 0 heterocycles. The summed E-state index contributed by atoms with van der Waals surface area (Å²) in [6, 6.07) is 5.02. The van der Waals surface area contributed by atoms with Crippen LogP contribution < -0.4 is 5.32 Å². The summed E-state index contributed by atoms with van der Waals surface area (Å²) in [5, 5.41) is 20.4. The molecule has 7 heteroatoms. The number of sulfone groups is 1. The molecule has 6 nitrogen and oxygen atoms in total. The number of rotatable bonds is 5. The molecule has 0 fully saturated rings. The first-order valence-electron chi connectivity index (χ1n) is 5.78. The lowest BCUT2D eigenvalue weighted by molar-refractivity contribution is 0.133. The van der Waals surface area contributed by atoms with Gasteiger partial charge in [0.25, 0.3) is 0 Å². The Labute approximate surface area is 112 Å². The van der Waals surface area contributed by atoms with E-state index in [0.29, 0.717) is 5.56 Å². The van der Waals surface area contributed by atoms with Gasteiger partial charge in [-0.2, -0.15) is 0 Å². The molecule has 106 valence electrons. The molecule has 0 radical (unpaired) electrons. The van der Waals surface area contributed by atoms with Gasteiger partial charge >= 0.3 is 6.09 Å². The highest BCUT2D eigenvalue weighted by Gasteiger charge is 2.20. The van der Waals surface area contributed by atoms with Crippen molar-refractivity contribution >= 4 is 15.9 Å². The van der Waals surface area contributed by atoms with Crippen molar-refractivity contribution in [2.24, 2.45) is 0 Å². The zero-order valence-corrected chi connectivity index (χ0v) is 11.5. The van der Waals surface area contributed by atoms with Crippen molar-refractivity contribution in [3.63, 3.8) is 0 Å². The van der Waals surface area contributed by atoms with Crippen LogP contribution in [0.1, 0.15) is 25.5 Å². The molecule has 1 aromatic rings. The van der Waals surface area contributed by atoms with E-state index in [1.54, 1.807) is 6.92 Å². The third-order valence-electron chi connectivity index (χ3n) is 2.74. The van der Waals surface area contributed by atoms with Crippen LogP contribution in [0.15, 0.2) is 29.2 Å².